The molecule has 14 nitrogen and oxygen atoms in total. The Balaban J connectivity index is 1.74. The van der Waals surface area contributed by atoms with Crippen LogP contribution in [0.25, 0.3) is 0 Å². The smallest absolute Gasteiger partial charge is 0.220 e. The molecule has 0 aromatic carbocycles. The standard InChI is InChI=1S/C71H123NO13/c1-3-5-7-9-11-13-15-17-19-21-23-25-27-29-31-32-34-36-38-40-42-44-46-48-50-52-54-60(75)59(58-82-70-68(81)66(79)69(62(57-74)84-70)85-71-67(80)65(78)64(77)61(56-73)83-71)72-63(76)55-53-51-49-47-45-43-41-39-37-35-33-30-28-26-24-22-20-18-16-14-12-10-8-6-4-2/h6,8,12,14,18,20,24,26,30,33,37,39,43,45,52,54,59-62,64-71,73-75,77-81H,3-5,7,9-11,13,15-17,19,21-23,25,27-29,31-32,34-36,38,40-42,44,46-51,53,55-58H2,1-2H3,(H,72,76)/b8-6-,14-12-,20-18-,26-24-,33-30-,39-37-,45-43-,54-52+. The molecule has 0 aromatic rings. The van der Waals surface area contributed by atoms with Crippen LogP contribution in [0.4, 0.5) is 0 Å². The first kappa shape index (κ1) is 78.0. The van der Waals surface area contributed by atoms with Gasteiger partial charge in [-0.1, -0.05) is 265 Å². The SMILES string of the molecule is CC/C=C\C/C=C\C/C=C\C/C=C\C/C=C\C/C=C\C/C=C\CCCCCC(=O)NC(COC1OC(CO)C(OC2OC(CO)C(O)C(O)C2O)C(O)C1O)C(O)/C=C/CCCCCCCCCCCCCCCCCCCCCCCCCC. The number of amides is 1. The molecule has 12 unspecified atom stereocenters. The van der Waals surface area contributed by atoms with E-state index >= 15 is 0 Å². The maximum Gasteiger partial charge on any atom is 0.220 e. The van der Waals surface area contributed by atoms with Crippen LogP contribution in [0.1, 0.15) is 251 Å². The number of unbranched alkanes of at least 4 members (excludes halogenated alkanes) is 27. The molecule has 12 atom stereocenters. The number of aliphatic hydroxyl groups excluding tert-OH is 8. The molecule has 0 aromatic heterocycles. The molecular weight excluding hydrogens is 1070 g/mol. The number of nitrogens with one attached hydrogen (secondary N) is 1. The Kier molecular flexibility index (Phi) is 50.5. The minimum atomic E-state index is -1.80. The molecule has 1 amide bonds. The fourth-order valence-electron chi connectivity index (χ4n) is 10.6. The third-order valence-corrected chi connectivity index (χ3v) is 16.0. The van der Waals surface area contributed by atoms with Gasteiger partial charge in [-0.05, 0) is 77.0 Å². The summed E-state index contributed by atoms with van der Waals surface area (Å²) in [7, 11) is 0. The van der Waals surface area contributed by atoms with Gasteiger partial charge >= 0.3 is 0 Å². The molecule has 0 radical (unpaired) electrons. The second-order valence-electron chi connectivity index (χ2n) is 23.6. The predicted octanol–water partition coefficient (Wildman–Crippen LogP) is 13.4. The quantitative estimate of drug-likeness (QED) is 0.0204. The van der Waals surface area contributed by atoms with E-state index in [1.807, 2.05) is 6.08 Å². The predicted molar refractivity (Wildman–Crippen MR) is 346 cm³/mol. The maximum absolute atomic E-state index is 13.3. The van der Waals surface area contributed by atoms with Crippen molar-refractivity contribution < 1.29 is 64.6 Å². The van der Waals surface area contributed by atoms with Gasteiger partial charge in [-0.3, -0.25) is 4.79 Å². The zero-order valence-corrected chi connectivity index (χ0v) is 53.1. The normalized spacial score (nSPS) is 24.2. The van der Waals surface area contributed by atoms with Crippen LogP contribution < -0.4 is 5.32 Å². The zero-order valence-electron chi connectivity index (χ0n) is 53.1. The number of allylic oxidation sites excluding steroid dienone is 15. The summed E-state index contributed by atoms with van der Waals surface area (Å²) < 4.78 is 22.8. The van der Waals surface area contributed by atoms with E-state index < -0.39 is 86.8 Å². The molecule has 2 saturated heterocycles. The Morgan fingerprint density at radius 2 is 0.812 bits per heavy atom. The van der Waals surface area contributed by atoms with Crippen LogP contribution in [0.15, 0.2) is 97.2 Å². The van der Waals surface area contributed by atoms with E-state index in [-0.39, 0.29) is 18.9 Å². The monoisotopic (exact) mass is 1200 g/mol. The van der Waals surface area contributed by atoms with E-state index in [0.29, 0.717) is 6.42 Å². The van der Waals surface area contributed by atoms with Crippen molar-refractivity contribution in [3.63, 3.8) is 0 Å². The Morgan fingerprint density at radius 1 is 0.435 bits per heavy atom. The zero-order chi connectivity index (χ0) is 61.6. The van der Waals surface area contributed by atoms with Gasteiger partial charge in [-0.25, -0.2) is 0 Å². The van der Waals surface area contributed by atoms with Gasteiger partial charge in [0.15, 0.2) is 12.6 Å². The Morgan fingerprint density at radius 3 is 1.25 bits per heavy atom. The van der Waals surface area contributed by atoms with Gasteiger partial charge in [-0.15, -0.1) is 0 Å². The van der Waals surface area contributed by atoms with Gasteiger partial charge in [-0.2, -0.15) is 0 Å². The lowest BCUT2D eigenvalue weighted by Crippen LogP contribution is -2.65. The highest BCUT2D eigenvalue weighted by Gasteiger charge is 2.51. The maximum atomic E-state index is 13.3. The summed E-state index contributed by atoms with van der Waals surface area (Å²) in [5.41, 5.74) is 0. The molecule has 2 heterocycles. The van der Waals surface area contributed by atoms with E-state index in [1.165, 1.54) is 141 Å². The molecule has 0 saturated carbocycles. The van der Waals surface area contributed by atoms with Gasteiger partial charge in [0.05, 0.1) is 32.0 Å². The van der Waals surface area contributed by atoms with E-state index in [0.717, 1.165) is 83.5 Å². The van der Waals surface area contributed by atoms with Crippen LogP contribution in [0.2, 0.25) is 0 Å². The summed E-state index contributed by atoms with van der Waals surface area (Å²) in [6, 6.07) is -0.941. The summed E-state index contributed by atoms with van der Waals surface area (Å²) in [5.74, 6) is -0.273. The van der Waals surface area contributed by atoms with E-state index in [9.17, 15) is 45.6 Å². The lowest BCUT2D eigenvalue weighted by Gasteiger charge is -2.46. The van der Waals surface area contributed by atoms with Crippen LogP contribution in [0, 0.1) is 0 Å². The average molecular weight is 1200 g/mol. The average Bonchev–Trinajstić information content (AvgIpc) is 3.29. The van der Waals surface area contributed by atoms with Gasteiger partial charge in [0.25, 0.3) is 0 Å². The Bertz CT molecular complexity index is 1800. The van der Waals surface area contributed by atoms with Crippen molar-refractivity contribution in [2.45, 2.75) is 325 Å². The second-order valence-corrected chi connectivity index (χ2v) is 23.6. The fraction of sp³-hybridized carbons (Fsp3) is 0.761. The molecule has 9 N–H and O–H groups in total. The van der Waals surface area contributed by atoms with Gasteiger partial charge in [0.1, 0.15) is 48.8 Å². The summed E-state index contributed by atoms with van der Waals surface area (Å²) in [4.78, 5) is 13.3. The number of hydrogen-bond donors (Lipinski definition) is 9. The van der Waals surface area contributed by atoms with Crippen LogP contribution in [-0.4, -0.2) is 140 Å². The van der Waals surface area contributed by atoms with Crippen LogP contribution in [0.3, 0.4) is 0 Å². The largest absolute Gasteiger partial charge is 0.394 e. The lowest BCUT2D eigenvalue weighted by molar-refractivity contribution is -0.359. The van der Waals surface area contributed by atoms with Gasteiger partial charge < -0.3 is 65.1 Å². The molecule has 2 aliphatic rings. The van der Waals surface area contributed by atoms with E-state index in [4.69, 9.17) is 18.9 Å². The molecule has 85 heavy (non-hydrogen) atoms. The van der Waals surface area contributed by atoms with Crippen molar-refractivity contribution in [2.75, 3.05) is 19.8 Å². The summed E-state index contributed by atoms with van der Waals surface area (Å²) >= 11 is 0. The Hall–Kier alpha value is -3.09. The molecule has 490 valence electrons. The first-order valence-corrected chi connectivity index (χ1v) is 34.0. The molecule has 2 rings (SSSR count). The molecule has 2 fully saturated rings. The van der Waals surface area contributed by atoms with Crippen molar-refractivity contribution in [3.05, 3.63) is 97.2 Å². The molecule has 0 bridgehead atoms. The van der Waals surface area contributed by atoms with E-state index in [2.05, 4.69) is 104 Å². The van der Waals surface area contributed by atoms with E-state index in [1.54, 1.807) is 6.08 Å². The minimum Gasteiger partial charge on any atom is -0.394 e. The lowest BCUT2D eigenvalue weighted by atomic mass is 9.97. The first-order valence-electron chi connectivity index (χ1n) is 34.0. The van der Waals surface area contributed by atoms with Crippen molar-refractivity contribution in [1.82, 2.24) is 5.32 Å². The number of carbonyl (C=O) groups is 1. The summed E-state index contributed by atoms with van der Waals surface area (Å²) in [6.07, 6.45) is 60.2. The van der Waals surface area contributed by atoms with Gasteiger partial charge in [0.2, 0.25) is 5.91 Å². The molecular formula is C71H123NO13. The summed E-state index contributed by atoms with van der Waals surface area (Å²) in [6.45, 7) is 2.68. The molecule has 0 spiro atoms. The van der Waals surface area contributed by atoms with Crippen molar-refractivity contribution >= 4 is 5.91 Å². The Labute approximate surface area is 515 Å². The minimum absolute atomic E-state index is 0.236. The topological polar surface area (TPSA) is 228 Å². The molecule has 0 aliphatic carbocycles. The third kappa shape index (κ3) is 39.5. The van der Waals surface area contributed by atoms with Crippen LogP contribution in [0.5, 0.6) is 0 Å². The van der Waals surface area contributed by atoms with Crippen molar-refractivity contribution in [1.29, 1.82) is 0 Å². The first-order chi connectivity index (χ1) is 41.6. The second kappa shape index (κ2) is 55.0. The number of carbonyl (C=O) groups excluding carboxylic acids is 1. The number of ether oxygens (including phenoxy) is 4. The highest BCUT2D eigenvalue weighted by atomic mass is 16.7. The number of hydrogen-bond acceptors (Lipinski definition) is 13. The highest BCUT2D eigenvalue weighted by molar-refractivity contribution is 5.76. The molecule has 14 heteroatoms. The van der Waals surface area contributed by atoms with Crippen molar-refractivity contribution in [2.24, 2.45) is 0 Å². The number of aliphatic hydroxyl groups is 8. The van der Waals surface area contributed by atoms with Crippen molar-refractivity contribution in [3.8, 4) is 0 Å². The highest BCUT2D eigenvalue weighted by Crippen LogP contribution is 2.30. The summed E-state index contributed by atoms with van der Waals surface area (Å²) in [5, 5.41) is 87.4. The fourth-order valence-corrected chi connectivity index (χ4v) is 10.6. The van der Waals surface area contributed by atoms with Crippen LogP contribution >= 0.6 is 0 Å². The molecule has 2 aliphatic heterocycles. The van der Waals surface area contributed by atoms with Crippen LogP contribution in [-0.2, 0) is 23.7 Å². The third-order valence-electron chi connectivity index (χ3n) is 16.0. The number of rotatable bonds is 54. The van der Waals surface area contributed by atoms with Gasteiger partial charge in [0, 0.05) is 6.42 Å².